The van der Waals surface area contributed by atoms with Gasteiger partial charge in [-0.3, -0.25) is 0 Å². The lowest BCUT2D eigenvalue weighted by atomic mass is 9.93. The fraction of sp³-hybridized carbons (Fsp3) is 0.647. The van der Waals surface area contributed by atoms with E-state index in [4.69, 9.17) is 0 Å². The van der Waals surface area contributed by atoms with Gasteiger partial charge in [-0.1, -0.05) is 50.6 Å². The van der Waals surface area contributed by atoms with Crippen molar-refractivity contribution in [1.29, 1.82) is 0 Å². The Morgan fingerprint density at radius 3 is 2.67 bits per heavy atom. The topological polar surface area (TPSA) is 3.24 Å². The minimum Gasteiger partial charge on any atom is -0.300 e. The van der Waals surface area contributed by atoms with E-state index in [1.807, 2.05) is 0 Å². The Kier molecular flexibility index (Phi) is 5.25. The summed E-state index contributed by atoms with van der Waals surface area (Å²) in [5, 5.41) is 0. The van der Waals surface area contributed by atoms with Crippen molar-refractivity contribution >= 4 is 0 Å². The van der Waals surface area contributed by atoms with Crippen molar-refractivity contribution in [2.75, 3.05) is 13.1 Å². The predicted molar refractivity (Wildman–Crippen MR) is 78.8 cm³/mol. The van der Waals surface area contributed by atoms with E-state index >= 15 is 0 Å². The molecule has 1 aromatic carbocycles. The predicted octanol–water partition coefficient (Wildman–Crippen LogP) is 4.13. The third kappa shape index (κ3) is 4.13. The first-order chi connectivity index (χ1) is 8.75. The summed E-state index contributed by atoms with van der Waals surface area (Å²) >= 11 is 0. The van der Waals surface area contributed by atoms with Crippen LogP contribution in [-0.4, -0.2) is 24.0 Å². The molecule has 100 valence electrons. The zero-order valence-corrected chi connectivity index (χ0v) is 11.9. The Morgan fingerprint density at radius 1 is 1.17 bits per heavy atom. The maximum Gasteiger partial charge on any atom is 0.00978 e. The second kappa shape index (κ2) is 6.94. The smallest absolute Gasteiger partial charge is 0.00978 e. The van der Waals surface area contributed by atoms with Crippen LogP contribution in [0.2, 0.25) is 0 Å². The van der Waals surface area contributed by atoms with Gasteiger partial charge in [-0.25, -0.2) is 0 Å². The zero-order valence-electron chi connectivity index (χ0n) is 11.9. The van der Waals surface area contributed by atoms with Gasteiger partial charge in [-0.15, -0.1) is 0 Å². The molecule has 1 fully saturated rings. The van der Waals surface area contributed by atoms with E-state index < -0.39 is 0 Å². The Hall–Kier alpha value is -0.820. The molecule has 18 heavy (non-hydrogen) atoms. The molecule has 0 N–H and O–H groups in total. The van der Waals surface area contributed by atoms with E-state index in [0.29, 0.717) is 0 Å². The Balaban J connectivity index is 1.85. The van der Waals surface area contributed by atoms with Crippen LogP contribution >= 0.6 is 0 Å². The average molecular weight is 245 g/mol. The zero-order chi connectivity index (χ0) is 12.8. The summed E-state index contributed by atoms with van der Waals surface area (Å²) in [6.45, 7) is 7.25. The van der Waals surface area contributed by atoms with E-state index in [1.54, 1.807) is 0 Å². The van der Waals surface area contributed by atoms with Gasteiger partial charge in [0, 0.05) is 12.6 Å². The van der Waals surface area contributed by atoms with Crippen molar-refractivity contribution in [1.82, 2.24) is 4.90 Å². The van der Waals surface area contributed by atoms with Crippen LogP contribution in [0.25, 0.3) is 0 Å². The molecule has 0 aromatic heterocycles. The largest absolute Gasteiger partial charge is 0.300 e. The average Bonchev–Trinajstić information content (AvgIpc) is 2.38. The summed E-state index contributed by atoms with van der Waals surface area (Å²) in [4.78, 5) is 2.73. The molecule has 1 aliphatic heterocycles. The van der Waals surface area contributed by atoms with Gasteiger partial charge >= 0.3 is 0 Å². The number of piperidine rings is 1. The molecule has 1 aliphatic rings. The highest BCUT2D eigenvalue weighted by atomic mass is 15.2. The highest BCUT2D eigenvalue weighted by Crippen LogP contribution is 2.22. The second-order valence-electron chi connectivity index (χ2n) is 6.05. The van der Waals surface area contributed by atoms with Crippen LogP contribution in [-0.2, 0) is 6.42 Å². The van der Waals surface area contributed by atoms with Crippen LogP contribution in [0.1, 0.15) is 45.1 Å². The van der Waals surface area contributed by atoms with Crippen LogP contribution in [0.5, 0.6) is 0 Å². The van der Waals surface area contributed by atoms with E-state index in [2.05, 4.69) is 49.1 Å². The standard InChI is InChI=1S/C17H27N/c1-15(2)14-17-10-6-7-12-18(17)13-11-16-8-4-3-5-9-16/h3-5,8-9,15,17H,6-7,10-14H2,1-2H3. The molecule has 0 spiro atoms. The fourth-order valence-electron chi connectivity index (χ4n) is 3.08. The molecule has 0 aliphatic carbocycles. The third-order valence-corrected chi connectivity index (χ3v) is 4.02. The number of hydrogen-bond donors (Lipinski definition) is 0. The van der Waals surface area contributed by atoms with Crippen molar-refractivity contribution < 1.29 is 0 Å². The van der Waals surface area contributed by atoms with Gasteiger partial charge in [-0.2, -0.15) is 0 Å². The lowest BCUT2D eigenvalue weighted by molar-refractivity contribution is 0.131. The van der Waals surface area contributed by atoms with Crippen molar-refractivity contribution in [2.45, 2.75) is 52.0 Å². The van der Waals surface area contributed by atoms with Gasteiger partial charge < -0.3 is 4.90 Å². The minimum absolute atomic E-state index is 0.826. The van der Waals surface area contributed by atoms with Crippen LogP contribution in [0.15, 0.2) is 30.3 Å². The molecular formula is C17H27N. The molecule has 1 unspecified atom stereocenters. The number of hydrogen-bond acceptors (Lipinski definition) is 1. The van der Waals surface area contributed by atoms with Gasteiger partial charge in [0.05, 0.1) is 0 Å². The lowest BCUT2D eigenvalue weighted by Gasteiger charge is -2.36. The lowest BCUT2D eigenvalue weighted by Crippen LogP contribution is -2.41. The highest BCUT2D eigenvalue weighted by Gasteiger charge is 2.22. The quantitative estimate of drug-likeness (QED) is 0.754. The third-order valence-electron chi connectivity index (χ3n) is 4.02. The molecule has 0 radical (unpaired) electrons. The first-order valence-electron chi connectivity index (χ1n) is 7.53. The van der Waals surface area contributed by atoms with Gasteiger partial charge in [-0.05, 0) is 43.7 Å². The van der Waals surface area contributed by atoms with Crippen molar-refractivity contribution in [3.05, 3.63) is 35.9 Å². The minimum atomic E-state index is 0.826. The molecule has 1 heterocycles. The first-order valence-corrected chi connectivity index (χ1v) is 7.53. The molecule has 1 saturated heterocycles. The molecule has 0 saturated carbocycles. The van der Waals surface area contributed by atoms with Gasteiger partial charge in [0.25, 0.3) is 0 Å². The summed E-state index contributed by atoms with van der Waals surface area (Å²) < 4.78 is 0. The number of benzene rings is 1. The van der Waals surface area contributed by atoms with Crippen LogP contribution in [0.4, 0.5) is 0 Å². The summed E-state index contributed by atoms with van der Waals surface area (Å²) in [6, 6.07) is 11.7. The molecule has 0 amide bonds. The van der Waals surface area contributed by atoms with Gasteiger partial charge in [0.15, 0.2) is 0 Å². The van der Waals surface area contributed by atoms with Crippen LogP contribution in [0, 0.1) is 5.92 Å². The summed E-state index contributed by atoms with van der Waals surface area (Å²) in [6.07, 6.45) is 6.81. The van der Waals surface area contributed by atoms with Gasteiger partial charge in [0.1, 0.15) is 0 Å². The fourth-order valence-corrected chi connectivity index (χ4v) is 3.08. The maximum absolute atomic E-state index is 2.73. The van der Waals surface area contributed by atoms with Crippen LogP contribution < -0.4 is 0 Å². The highest BCUT2D eigenvalue weighted by molar-refractivity contribution is 5.14. The van der Waals surface area contributed by atoms with E-state index in [-0.39, 0.29) is 0 Å². The number of nitrogens with zero attached hydrogens (tertiary/aromatic N) is 1. The molecule has 1 nitrogen and oxygen atoms in total. The monoisotopic (exact) mass is 245 g/mol. The first kappa shape index (κ1) is 13.6. The summed E-state index contributed by atoms with van der Waals surface area (Å²) in [7, 11) is 0. The SMILES string of the molecule is CC(C)CC1CCCCN1CCc1ccccc1. The second-order valence-corrected chi connectivity index (χ2v) is 6.05. The maximum atomic E-state index is 2.73. The van der Waals surface area contributed by atoms with E-state index in [9.17, 15) is 0 Å². The Labute approximate surface area is 112 Å². The number of likely N-dealkylation sites (tertiary alicyclic amines) is 1. The molecule has 1 atom stereocenters. The van der Waals surface area contributed by atoms with Crippen molar-refractivity contribution in [2.24, 2.45) is 5.92 Å². The van der Waals surface area contributed by atoms with E-state index in [1.165, 1.54) is 50.8 Å². The van der Waals surface area contributed by atoms with E-state index in [0.717, 1.165) is 12.0 Å². The molecule has 0 bridgehead atoms. The number of rotatable bonds is 5. The van der Waals surface area contributed by atoms with Gasteiger partial charge in [0.2, 0.25) is 0 Å². The summed E-state index contributed by atoms with van der Waals surface area (Å²) in [5.41, 5.74) is 1.48. The van der Waals surface area contributed by atoms with Crippen LogP contribution in [0.3, 0.4) is 0 Å². The molecule has 1 aromatic rings. The normalized spacial score (nSPS) is 21.4. The molecular weight excluding hydrogens is 218 g/mol. The summed E-state index contributed by atoms with van der Waals surface area (Å²) in [5.74, 6) is 0.826. The molecule has 1 heteroatoms. The van der Waals surface area contributed by atoms with Crippen molar-refractivity contribution in [3.8, 4) is 0 Å². The Bertz CT molecular complexity index is 331. The Morgan fingerprint density at radius 2 is 1.94 bits per heavy atom. The molecule has 2 rings (SSSR count). The van der Waals surface area contributed by atoms with Crippen molar-refractivity contribution in [3.63, 3.8) is 0 Å².